The molecule has 1 aromatic carbocycles. The molecule has 2 aliphatic rings. The van der Waals surface area contributed by atoms with Gasteiger partial charge in [-0.3, -0.25) is 4.79 Å². The third kappa shape index (κ3) is 3.73. The van der Waals surface area contributed by atoms with E-state index in [9.17, 15) is 9.18 Å². The number of carbonyl (C=O) groups excluding carboxylic acids is 1. The molecule has 150 valence electrons. The first-order valence-electron chi connectivity index (χ1n) is 10.00. The van der Waals surface area contributed by atoms with Gasteiger partial charge >= 0.3 is 0 Å². The number of piperidine rings is 1. The molecule has 0 bridgehead atoms. The Balaban J connectivity index is 1.38. The SMILES string of the molecule is CCC(Oc1ccccc1F)C(=O)N1CCC(c2nnc3n2CCNC3)CC1. The summed E-state index contributed by atoms with van der Waals surface area (Å²) in [5.74, 6) is 1.95. The molecular weight excluding hydrogens is 361 g/mol. The average molecular weight is 387 g/mol. The number of aromatic nitrogens is 3. The molecule has 1 saturated heterocycles. The summed E-state index contributed by atoms with van der Waals surface area (Å²) in [6.07, 6.45) is 1.54. The van der Waals surface area contributed by atoms with Crippen molar-refractivity contribution < 1.29 is 13.9 Å². The molecule has 1 N–H and O–H groups in total. The lowest BCUT2D eigenvalue weighted by Gasteiger charge is -2.34. The summed E-state index contributed by atoms with van der Waals surface area (Å²) >= 11 is 0. The van der Waals surface area contributed by atoms with Gasteiger partial charge in [-0.15, -0.1) is 10.2 Å². The quantitative estimate of drug-likeness (QED) is 0.851. The number of rotatable bonds is 5. The number of fused-ring (bicyclic) bond motifs is 1. The number of amides is 1. The van der Waals surface area contributed by atoms with Gasteiger partial charge in [0, 0.05) is 32.1 Å². The topological polar surface area (TPSA) is 72.3 Å². The van der Waals surface area contributed by atoms with E-state index in [4.69, 9.17) is 4.74 Å². The molecule has 8 heteroatoms. The van der Waals surface area contributed by atoms with Crippen LogP contribution in [-0.4, -0.2) is 51.3 Å². The van der Waals surface area contributed by atoms with Gasteiger partial charge in [0.1, 0.15) is 11.6 Å². The fourth-order valence-electron chi connectivity index (χ4n) is 3.98. The van der Waals surface area contributed by atoms with Gasteiger partial charge in [0.15, 0.2) is 17.7 Å². The molecule has 28 heavy (non-hydrogen) atoms. The summed E-state index contributed by atoms with van der Waals surface area (Å²) in [4.78, 5) is 14.7. The van der Waals surface area contributed by atoms with Gasteiger partial charge < -0.3 is 19.5 Å². The smallest absolute Gasteiger partial charge is 0.263 e. The van der Waals surface area contributed by atoms with Gasteiger partial charge in [0.25, 0.3) is 5.91 Å². The van der Waals surface area contributed by atoms with Gasteiger partial charge in [0.05, 0.1) is 6.54 Å². The van der Waals surface area contributed by atoms with E-state index in [0.717, 1.165) is 44.1 Å². The number of benzene rings is 1. The lowest BCUT2D eigenvalue weighted by atomic mass is 9.95. The minimum atomic E-state index is -0.666. The highest BCUT2D eigenvalue weighted by Crippen LogP contribution is 2.29. The van der Waals surface area contributed by atoms with E-state index < -0.39 is 11.9 Å². The van der Waals surface area contributed by atoms with Crippen LogP contribution in [0.3, 0.4) is 0 Å². The van der Waals surface area contributed by atoms with Crippen molar-refractivity contribution in [2.75, 3.05) is 19.6 Å². The lowest BCUT2D eigenvalue weighted by Crippen LogP contribution is -2.45. The zero-order valence-electron chi connectivity index (χ0n) is 16.1. The van der Waals surface area contributed by atoms with Crippen molar-refractivity contribution in [1.29, 1.82) is 0 Å². The van der Waals surface area contributed by atoms with Gasteiger partial charge in [-0.05, 0) is 31.4 Å². The third-order valence-corrected chi connectivity index (χ3v) is 5.58. The van der Waals surface area contributed by atoms with Crippen LogP contribution in [0.15, 0.2) is 24.3 Å². The summed E-state index contributed by atoms with van der Waals surface area (Å²) < 4.78 is 21.8. The molecule has 3 heterocycles. The van der Waals surface area contributed by atoms with Crippen molar-refractivity contribution >= 4 is 5.91 Å². The number of nitrogens with one attached hydrogen (secondary N) is 1. The summed E-state index contributed by atoms with van der Waals surface area (Å²) in [6.45, 7) is 5.77. The van der Waals surface area contributed by atoms with E-state index >= 15 is 0 Å². The van der Waals surface area contributed by atoms with E-state index in [1.807, 2.05) is 11.8 Å². The highest BCUT2D eigenvalue weighted by molar-refractivity contribution is 5.81. The Morgan fingerprint density at radius 2 is 2.07 bits per heavy atom. The van der Waals surface area contributed by atoms with E-state index in [-0.39, 0.29) is 11.7 Å². The predicted octanol–water partition coefficient (Wildman–Crippen LogP) is 2.08. The maximum Gasteiger partial charge on any atom is 0.263 e. The second-order valence-corrected chi connectivity index (χ2v) is 7.35. The van der Waals surface area contributed by atoms with Gasteiger partial charge in [-0.2, -0.15) is 0 Å². The van der Waals surface area contributed by atoms with Crippen molar-refractivity contribution in [2.24, 2.45) is 0 Å². The maximum atomic E-state index is 13.9. The Morgan fingerprint density at radius 1 is 1.29 bits per heavy atom. The third-order valence-electron chi connectivity index (χ3n) is 5.58. The molecule has 0 aliphatic carbocycles. The Labute approximate surface area is 163 Å². The molecule has 1 amide bonds. The average Bonchev–Trinajstić information content (AvgIpc) is 3.17. The monoisotopic (exact) mass is 387 g/mol. The number of ether oxygens (including phenoxy) is 1. The molecule has 1 fully saturated rings. The van der Waals surface area contributed by atoms with Crippen LogP contribution in [0.1, 0.15) is 43.8 Å². The fraction of sp³-hybridized carbons (Fsp3) is 0.550. The number of carbonyl (C=O) groups is 1. The second-order valence-electron chi connectivity index (χ2n) is 7.35. The highest BCUT2D eigenvalue weighted by Gasteiger charge is 2.32. The first-order chi connectivity index (χ1) is 13.7. The standard InChI is InChI=1S/C20H26FN5O2/c1-2-16(28-17-6-4-3-5-15(17)21)20(27)25-10-7-14(8-11-25)19-24-23-18-13-22-9-12-26(18)19/h3-6,14,16,22H,2,7-13H2,1H3. The predicted molar refractivity (Wildman–Crippen MR) is 101 cm³/mol. The normalized spacial score (nSPS) is 18.6. The van der Waals surface area contributed by atoms with Crippen LogP contribution in [-0.2, 0) is 17.9 Å². The molecule has 0 radical (unpaired) electrons. The minimum absolute atomic E-state index is 0.0725. The Kier molecular flexibility index (Phi) is 5.57. The first-order valence-corrected chi connectivity index (χ1v) is 10.00. The number of halogens is 1. The molecule has 1 unspecified atom stereocenters. The molecule has 2 aliphatic heterocycles. The van der Waals surface area contributed by atoms with Crippen molar-refractivity contribution in [2.45, 2.75) is 51.3 Å². The molecule has 2 aromatic rings. The van der Waals surface area contributed by atoms with Crippen LogP contribution >= 0.6 is 0 Å². The molecule has 1 aromatic heterocycles. The lowest BCUT2D eigenvalue weighted by molar-refractivity contribution is -0.140. The van der Waals surface area contributed by atoms with E-state index in [0.29, 0.717) is 25.4 Å². The van der Waals surface area contributed by atoms with Crippen LogP contribution in [0.5, 0.6) is 5.75 Å². The number of para-hydroxylation sites is 1. The van der Waals surface area contributed by atoms with Gasteiger partial charge in [-0.1, -0.05) is 19.1 Å². The molecular formula is C20H26FN5O2. The number of hydrogen-bond acceptors (Lipinski definition) is 5. The van der Waals surface area contributed by atoms with E-state index in [2.05, 4.69) is 20.1 Å². The van der Waals surface area contributed by atoms with Crippen LogP contribution in [0.4, 0.5) is 4.39 Å². The summed E-state index contributed by atoms with van der Waals surface area (Å²) in [5.41, 5.74) is 0. The van der Waals surface area contributed by atoms with Crippen molar-refractivity contribution in [3.05, 3.63) is 41.7 Å². The highest BCUT2D eigenvalue weighted by atomic mass is 19.1. The molecule has 0 saturated carbocycles. The Bertz CT molecular complexity index is 832. The second kappa shape index (κ2) is 8.26. The van der Waals surface area contributed by atoms with Crippen LogP contribution in [0.2, 0.25) is 0 Å². The summed E-state index contributed by atoms with van der Waals surface area (Å²) in [5, 5.41) is 12.0. The first kappa shape index (κ1) is 18.9. The van der Waals surface area contributed by atoms with Crippen LogP contribution in [0, 0.1) is 5.82 Å². The minimum Gasteiger partial charge on any atom is -0.478 e. The maximum absolute atomic E-state index is 13.9. The largest absolute Gasteiger partial charge is 0.478 e. The van der Waals surface area contributed by atoms with Crippen molar-refractivity contribution in [3.63, 3.8) is 0 Å². The molecule has 7 nitrogen and oxygen atoms in total. The number of nitrogens with zero attached hydrogens (tertiary/aromatic N) is 4. The van der Waals surface area contributed by atoms with E-state index in [1.54, 1.807) is 18.2 Å². The Hall–Kier alpha value is -2.48. The van der Waals surface area contributed by atoms with Crippen molar-refractivity contribution in [3.8, 4) is 5.75 Å². The summed E-state index contributed by atoms with van der Waals surface area (Å²) in [7, 11) is 0. The Morgan fingerprint density at radius 3 is 2.82 bits per heavy atom. The van der Waals surface area contributed by atoms with Gasteiger partial charge in [0.2, 0.25) is 0 Å². The zero-order chi connectivity index (χ0) is 19.5. The zero-order valence-corrected chi connectivity index (χ0v) is 16.1. The molecule has 0 spiro atoms. The molecule has 4 rings (SSSR count). The number of hydrogen-bond donors (Lipinski definition) is 1. The van der Waals surface area contributed by atoms with Gasteiger partial charge in [-0.25, -0.2) is 4.39 Å². The summed E-state index contributed by atoms with van der Waals surface area (Å²) in [6, 6.07) is 6.21. The fourth-order valence-corrected chi connectivity index (χ4v) is 3.98. The van der Waals surface area contributed by atoms with E-state index in [1.165, 1.54) is 6.07 Å². The van der Waals surface area contributed by atoms with Crippen LogP contribution < -0.4 is 10.1 Å². The van der Waals surface area contributed by atoms with Crippen molar-refractivity contribution in [1.82, 2.24) is 25.0 Å². The number of likely N-dealkylation sites (tertiary alicyclic amines) is 1. The molecule has 1 atom stereocenters. The van der Waals surface area contributed by atoms with Crippen LogP contribution in [0.25, 0.3) is 0 Å².